The molecular formula is C18H19N3OS3. The fourth-order valence-electron chi connectivity index (χ4n) is 2.92. The Morgan fingerprint density at radius 2 is 2.00 bits per heavy atom. The fraction of sp³-hybridized carbons (Fsp3) is 0.333. The number of benzene rings is 1. The average molecular weight is 390 g/mol. The van der Waals surface area contributed by atoms with E-state index in [1.54, 1.807) is 34.4 Å². The van der Waals surface area contributed by atoms with Gasteiger partial charge in [-0.3, -0.25) is 9.69 Å². The summed E-state index contributed by atoms with van der Waals surface area (Å²) in [6.45, 7) is 4.54. The lowest BCUT2D eigenvalue weighted by molar-refractivity contribution is -0.130. The lowest BCUT2D eigenvalue weighted by atomic mass is 10.2. The van der Waals surface area contributed by atoms with Crippen LogP contribution >= 0.6 is 34.4 Å². The Kier molecular flexibility index (Phi) is 5.36. The Morgan fingerprint density at radius 1 is 1.16 bits per heavy atom. The van der Waals surface area contributed by atoms with Crippen LogP contribution in [0.2, 0.25) is 0 Å². The highest BCUT2D eigenvalue weighted by Crippen LogP contribution is 2.29. The first-order valence-corrected chi connectivity index (χ1v) is 11.0. The SMILES string of the molecule is O=C(CSc1nc2ccccc2s1)N1CCN(Cc2ccsc2)CC1. The van der Waals surface area contributed by atoms with Crippen molar-refractivity contribution in [1.82, 2.24) is 14.8 Å². The molecule has 1 saturated heterocycles. The van der Waals surface area contributed by atoms with Gasteiger partial charge in [-0.2, -0.15) is 11.3 Å². The van der Waals surface area contributed by atoms with Gasteiger partial charge in [-0.15, -0.1) is 11.3 Å². The number of piperazine rings is 1. The third-order valence-electron chi connectivity index (χ3n) is 4.30. The van der Waals surface area contributed by atoms with Gasteiger partial charge in [-0.25, -0.2) is 4.98 Å². The molecule has 7 heteroatoms. The number of hydrogen-bond donors (Lipinski definition) is 0. The third-order valence-corrected chi connectivity index (χ3v) is 7.20. The van der Waals surface area contributed by atoms with Crippen molar-refractivity contribution in [3.63, 3.8) is 0 Å². The first-order chi connectivity index (χ1) is 12.3. The Balaban J connectivity index is 1.26. The van der Waals surface area contributed by atoms with Gasteiger partial charge in [-0.1, -0.05) is 23.9 Å². The monoisotopic (exact) mass is 389 g/mol. The molecule has 0 radical (unpaired) electrons. The quantitative estimate of drug-likeness (QED) is 0.622. The highest BCUT2D eigenvalue weighted by Gasteiger charge is 2.21. The van der Waals surface area contributed by atoms with Gasteiger partial charge in [0.1, 0.15) is 0 Å². The van der Waals surface area contributed by atoms with E-state index in [1.165, 1.54) is 10.3 Å². The topological polar surface area (TPSA) is 36.4 Å². The number of carbonyl (C=O) groups is 1. The Labute approximate surface area is 159 Å². The van der Waals surface area contributed by atoms with Crippen LogP contribution in [0.5, 0.6) is 0 Å². The molecule has 0 unspecified atom stereocenters. The Bertz CT molecular complexity index is 805. The molecule has 130 valence electrons. The van der Waals surface area contributed by atoms with Crippen LogP contribution in [0.15, 0.2) is 45.4 Å². The molecule has 25 heavy (non-hydrogen) atoms. The van der Waals surface area contributed by atoms with Gasteiger partial charge in [-0.05, 0) is 34.5 Å². The maximum Gasteiger partial charge on any atom is 0.233 e. The molecule has 0 saturated carbocycles. The Morgan fingerprint density at radius 3 is 2.76 bits per heavy atom. The van der Waals surface area contributed by atoms with Crippen LogP contribution in [0.4, 0.5) is 0 Å². The van der Waals surface area contributed by atoms with Crippen LogP contribution in [0, 0.1) is 0 Å². The van der Waals surface area contributed by atoms with Crippen molar-refractivity contribution in [2.75, 3.05) is 31.9 Å². The van der Waals surface area contributed by atoms with Gasteiger partial charge in [0.05, 0.1) is 16.0 Å². The molecule has 0 N–H and O–H groups in total. The summed E-state index contributed by atoms with van der Waals surface area (Å²) in [5.41, 5.74) is 2.39. The molecule has 0 spiro atoms. The number of para-hydroxylation sites is 1. The van der Waals surface area contributed by atoms with Crippen molar-refractivity contribution < 1.29 is 4.79 Å². The lowest BCUT2D eigenvalue weighted by Crippen LogP contribution is -2.48. The molecule has 0 bridgehead atoms. The molecule has 3 heterocycles. The molecule has 1 aliphatic rings. The van der Waals surface area contributed by atoms with E-state index in [9.17, 15) is 4.79 Å². The molecule has 3 aromatic rings. The second kappa shape index (κ2) is 7.86. The molecule has 4 nitrogen and oxygen atoms in total. The van der Waals surface area contributed by atoms with Crippen molar-refractivity contribution >= 4 is 50.6 Å². The van der Waals surface area contributed by atoms with Crippen molar-refractivity contribution in [3.8, 4) is 0 Å². The van der Waals surface area contributed by atoms with Gasteiger partial charge in [0.15, 0.2) is 4.34 Å². The number of amides is 1. The fourth-order valence-corrected chi connectivity index (χ4v) is 5.55. The second-order valence-electron chi connectivity index (χ2n) is 6.02. The number of aromatic nitrogens is 1. The molecule has 0 aliphatic carbocycles. The maximum absolute atomic E-state index is 12.5. The zero-order valence-electron chi connectivity index (χ0n) is 13.8. The van der Waals surface area contributed by atoms with E-state index in [4.69, 9.17) is 0 Å². The van der Waals surface area contributed by atoms with E-state index in [0.29, 0.717) is 5.75 Å². The highest BCUT2D eigenvalue weighted by atomic mass is 32.2. The number of carbonyl (C=O) groups excluding carboxylic acids is 1. The smallest absolute Gasteiger partial charge is 0.233 e. The summed E-state index contributed by atoms with van der Waals surface area (Å²) in [6, 6.07) is 10.3. The van der Waals surface area contributed by atoms with Crippen LogP contribution in [-0.4, -0.2) is 52.6 Å². The molecule has 0 atom stereocenters. The predicted octanol–water partition coefficient (Wildman–Crippen LogP) is 3.79. The molecule has 1 amide bonds. The number of thiazole rings is 1. The minimum absolute atomic E-state index is 0.222. The van der Waals surface area contributed by atoms with Crippen molar-refractivity contribution in [1.29, 1.82) is 0 Å². The first kappa shape index (κ1) is 17.0. The van der Waals surface area contributed by atoms with Crippen molar-refractivity contribution in [2.24, 2.45) is 0 Å². The van der Waals surface area contributed by atoms with Crippen molar-refractivity contribution in [2.45, 2.75) is 10.9 Å². The summed E-state index contributed by atoms with van der Waals surface area (Å²) in [5.74, 6) is 0.698. The van der Waals surface area contributed by atoms with Crippen LogP contribution in [0.3, 0.4) is 0 Å². The minimum atomic E-state index is 0.222. The third kappa shape index (κ3) is 4.23. The molecule has 2 aromatic heterocycles. The molecule has 1 aliphatic heterocycles. The molecule has 1 fully saturated rings. The number of thioether (sulfide) groups is 1. The van der Waals surface area contributed by atoms with Gasteiger partial charge in [0.25, 0.3) is 0 Å². The summed E-state index contributed by atoms with van der Waals surface area (Å²) in [4.78, 5) is 21.5. The van der Waals surface area contributed by atoms with Crippen LogP contribution in [0.1, 0.15) is 5.56 Å². The van der Waals surface area contributed by atoms with Crippen LogP contribution < -0.4 is 0 Å². The summed E-state index contributed by atoms with van der Waals surface area (Å²) >= 11 is 4.96. The molecular weight excluding hydrogens is 370 g/mol. The van der Waals surface area contributed by atoms with Gasteiger partial charge < -0.3 is 4.90 Å². The van der Waals surface area contributed by atoms with E-state index in [-0.39, 0.29) is 5.91 Å². The second-order valence-corrected chi connectivity index (χ2v) is 9.06. The number of thiophene rings is 1. The summed E-state index contributed by atoms with van der Waals surface area (Å²) in [6.07, 6.45) is 0. The first-order valence-electron chi connectivity index (χ1n) is 8.27. The number of nitrogens with zero attached hydrogens (tertiary/aromatic N) is 3. The summed E-state index contributed by atoms with van der Waals surface area (Å²) in [5, 5.41) is 4.32. The zero-order chi connectivity index (χ0) is 17.1. The average Bonchev–Trinajstić information content (AvgIpc) is 3.29. The van der Waals surface area contributed by atoms with E-state index in [2.05, 4.69) is 32.8 Å². The van der Waals surface area contributed by atoms with Crippen LogP contribution in [-0.2, 0) is 11.3 Å². The highest BCUT2D eigenvalue weighted by molar-refractivity contribution is 8.01. The maximum atomic E-state index is 12.5. The summed E-state index contributed by atoms with van der Waals surface area (Å²) < 4.78 is 2.16. The van der Waals surface area contributed by atoms with Gasteiger partial charge >= 0.3 is 0 Å². The number of rotatable bonds is 5. The molecule has 4 rings (SSSR count). The molecule has 1 aromatic carbocycles. The normalized spacial score (nSPS) is 15.8. The summed E-state index contributed by atoms with van der Waals surface area (Å²) in [7, 11) is 0. The number of fused-ring (bicyclic) bond motifs is 1. The van der Waals surface area contributed by atoms with Crippen LogP contribution in [0.25, 0.3) is 10.2 Å². The van der Waals surface area contributed by atoms with Gasteiger partial charge in [0, 0.05) is 32.7 Å². The van der Waals surface area contributed by atoms with Gasteiger partial charge in [0.2, 0.25) is 5.91 Å². The van der Waals surface area contributed by atoms with E-state index in [1.807, 2.05) is 23.1 Å². The van der Waals surface area contributed by atoms with E-state index >= 15 is 0 Å². The zero-order valence-corrected chi connectivity index (χ0v) is 16.2. The lowest BCUT2D eigenvalue weighted by Gasteiger charge is -2.34. The van der Waals surface area contributed by atoms with Crippen molar-refractivity contribution in [3.05, 3.63) is 46.7 Å². The van der Waals surface area contributed by atoms with E-state index in [0.717, 1.165) is 42.6 Å². The Hall–Kier alpha value is -1.41. The standard InChI is InChI=1S/C18H19N3OS3/c22-17(13-24-18-19-15-3-1-2-4-16(15)25-18)21-8-6-20(7-9-21)11-14-5-10-23-12-14/h1-5,10,12H,6-9,11,13H2. The predicted molar refractivity (Wildman–Crippen MR) is 107 cm³/mol. The van der Waals surface area contributed by atoms with E-state index < -0.39 is 0 Å². The number of hydrogen-bond acceptors (Lipinski definition) is 6. The largest absolute Gasteiger partial charge is 0.339 e. The minimum Gasteiger partial charge on any atom is -0.339 e.